The van der Waals surface area contributed by atoms with E-state index in [1.807, 2.05) is 0 Å². The third-order valence-corrected chi connectivity index (χ3v) is 1.70. The standard InChI is InChI=1S/C7H14F3NO/c1-3-11(4-2)5-6(12)7(8,9)10/h6,12H,3-5H2,1-2H3. The third-order valence-electron chi connectivity index (χ3n) is 1.70. The van der Waals surface area contributed by atoms with E-state index < -0.39 is 12.3 Å². The van der Waals surface area contributed by atoms with Crippen LogP contribution in [0.3, 0.4) is 0 Å². The van der Waals surface area contributed by atoms with Crippen LogP contribution in [0.5, 0.6) is 0 Å². The average molecular weight is 185 g/mol. The summed E-state index contributed by atoms with van der Waals surface area (Å²) in [5, 5.41) is 8.65. The fourth-order valence-corrected chi connectivity index (χ4v) is 0.830. The van der Waals surface area contributed by atoms with E-state index in [0.29, 0.717) is 13.1 Å². The Labute approximate surface area is 70.0 Å². The molecule has 0 aliphatic carbocycles. The zero-order valence-corrected chi connectivity index (χ0v) is 7.23. The molecule has 0 heterocycles. The molecule has 0 bridgehead atoms. The van der Waals surface area contributed by atoms with Gasteiger partial charge in [-0.05, 0) is 13.1 Å². The summed E-state index contributed by atoms with van der Waals surface area (Å²) in [4.78, 5) is 1.53. The van der Waals surface area contributed by atoms with Crippen LogP contribution >= 0.6 is 0 Å². The maximum atomic E-state index is 11.8. The smallest absolute Gasteiger partial charge is 0.382 e. The average Bonchev–Trinajstić information content (AvgIpc) is 1.97. The van der Waals surface area contributed by atoms with Gasteiger partial charge in [0.2, 0.25) is 0 Å². The highest BCUT2D eigenvalue weighted by atomic mass is 19.4. The lowest BCUT2D eigenvalue weighted by molar-refractivity contribution is -0.207. The normalized spacial score (nSPS) is 15.2. The van der Waals surface area contributed by atoms with Crippen LogP contribution in [-0.2, 0) is 0 Å². The highest BCUT2D eigenvalue weighted by Crippen LogP contribution is 2.20. The molecule has 1 atom stereocenters. The van der Waals surface area contributed by atoms with Crippen molar-refractivity contribution >= 4 is 0 Å². The van der Waals surface area contributed by atoms with Crippen LogP contribution in [0.25, 0.3) is 0 Å². The molecule has 0 rings (SSSR count). The molecule has 0 radical (unpaired) electrons. The van der Waals surface area contributed by atoms with Crippen LogP contribution in [0.1, 0.15) is 13.8 Å². The van der Waals surface area contributed by atoms with Crippen LogP contribution < -0.4 is 0 Å². The number of likely N-dealkylation sites (N-methyl/N-ethyl adjacent to an activating group) is 1. The molecule has 0 fully saturated rings. The molecule has 0 amide bonds. The van der Waals surface area contributed by atoms with Gasteiger partial charge < -0.3 is 10.0 Å². The van der Waals surface area contributed by atoms with E-state index >= 15 is 0 Å². The molecule has 0 aromatic heterocycles. The number of hydrogen-bond donors (Lipinski definition) is 1. The van der Waals surface area contributed by atoms with E-state index in [9.17, 15) is 13.2 Å². The first-order valence-electron chi connectivity index (χ1n) is 3.88. The Morgan fingerprint density at radius 1 is 1.25 bits per heavy atom. The summed E-state index contributed by atoms with van der Waals surface area (Å²) in [6.45, 7) is 4.21. The second kappa shape index (κ2) is 4.67. The maximum Gasteiger partial charge on any atom is 0.415 e. The number of alkyl halides is 3. The van der Waals surface area contributed by atoms with E-state index in [-0.39, 0.29) is 6.54 Å². The van der Waals surface area contributed by atoms with E-state index in [1.54, 1.807) is 13.8 Å². The van der Waals surface area contributed by atoms with E-state index in [1.165, 1.54) is 4.90 Å². The fraction of sp³-hybridized carbons (Fsp3) is 1.00. The summed E-state index contributed by atoms with van der Waals surface area (Å²) < 4.78 is 35.4. The van der Waals surface area contributed by atoms with Crippen molar-refractivity contribution in [1.29, 1.82) is 0 Å². The van der Waals surface area contributed by atoms with E-state index in [0.717, 1.165) is 0 Å². The van der Waals surface area contributed by atoms with E-state index in [4.69, 9.17) is 5.11 Å². The maximum absolute atomic E-state index is 11.8. The monoisotopic (exact) mass is 185 g/mol. The summed E-state index contributed by atoms with van der Waals surface area (Å²) in [5.74, 6) is 0. The van der Waals surface area contributed by atoms with Gasteiger partial charge in [0.15, 0.2) is 6.10 Å². The molecule has 0 aliphatic rings. The Hall–Kier alpha value is -0.290. The van der Waals surface area contributed by atoms with Gasteiger partial charge in [0.25, 0.3) is 0 Å². The Balaban J connectivity index is 3.90. The van der Waals surface area contributed by atoms with Gasteiger partial charge in [-0.15, -0.1) is 0 Å². The van der Waals surface area contributed by atoms with Crippen molar-refractivity contribution in [2.45, 2.75) is 26.1 Å². The van der Waals surface area contributed by atoms with Crippen LogP contribution in [0.15, 0.2) is 0 Å². The molecule has 0 saturated carbocycles. The van der Waals surface area contributed by atoms with Crippen molar-refractivity contribution < 1.29 is 18.3 Å². The number of nitrogens with zero attached hydrogens (tertiary/aromatic N) is 1. The zero-order chi connectivity index (χ0) is 9.78. The number of hydrogen-bond acceptors (Lipinski definition) is 2. The summed E-state index contributed by atoms with van der Waals surface area (Å²) >= 11 is 0. The minimum Gasteiger partial charge on any atom is -0.382 e. The zero-order valence-electron chi connectivity index (χ0n) is 7.23. The summed E-state index contributed by atoms with van der Waals surface area (Å²) in [6.07, 6.45) is -6.72. The van der Waals surface area contributed by atoms with Crippen molar-refractivity contribution in [3.63, 3.8) is 0 Å². The molecule has 5 heteroatoms. The van der Waals surface area contributed by atoms with Gasteiger partial charge in [0.05, 0.1) is 0 Å². The first-order valence-corrected chi connectivity index (χ1v) is 3.88. The van der Waals surface area contributed by atoms with Gasteiger partial charge in [0.1, 0.15) is 0 Å². The SMILES string of the molecule is CCN(CC)CC(O)C(F)(F)F. The molecule has 0 aromatic carbocycles. The molecule has 1 unspecified atom stereocenters. The predicted octanol–water partition coefficient (Wildman–Crippen LogP) is 1.25. The second-order valence-corrected chi connectivity index (χ2v) is 2.54. The minimum absolute atomic E-state index is 0.337. The first kappa shape index (κ1) is 11.7. The molecule has 74 valence electrons. The van der Waals surface area contributed by atoms with Crippen LogP contribution in [0, 0.1) is 0 Å². The molecule has 0 spiro atoms. The van der Waals surface area contributed by atoms with Crippen molar-refractivity contribution in [1.82, 2.24) is 4.90 Å². The summed E-state index contributed by atoms with van der Waals surface area (Å²) in [6, 6.07) is 0. The van der Waals surface area contributed by atoms with Crippen molar-refractivity contribution in [3.05, 3.63) is 0 Å². The third kappa shape index (κ3) is 3.92. The van der Waals surface area contributed by atoms with Crippen molar-refractivity contribution in [3.8, 4) is 0 Å². The van der Waals surface area contributed by atoms with Gasteiger partial charge in [0, 0.05) is 6.54 Å². The van der Waals surface area contributed by atoms with Gasteiger partial charge in [-0.3, -0.25) is 0 Å². The van der Waals surface area contributed by atoms with Crippen molar-refractivity contribution in [2.24, 2.45) is 0 Å². The predicted molar refractivity (Wildman–Crippen MR) is 39.8 cm³/mol. The fourth-order valence-electron chi connectivity index (χ4n) is 0.830. The topological polar surface area (TPSA) is 23.5 Å². The number of aliphatic hydroxyl groups excluding tert-OH is 1. The second-order valence-electron chi connectivity index (χ2n) is 2.54. The molecular weight excluding hydrogens is 171 g/mol. The van der Waals surface area contributed by atoms with Gasteiger partial charge in [-0.1, -0.05) is 13.8 Å². The summed E-state index contributed by atoms with van der Waals surface area (Å²) in [5.41, 5.74) is 0. The quantitative estimate of drug-likeness (QED) is 0.712. The molecule has 1 N–H and O–H groups in total. The van der Waals surface area contributed by atoms with Gasteiger partial charge in [-0.2, -0.15) is 13.2 Å². The Morgan fingerprint density at radius 3 is 1.92 bits per heavy atom. The number of halogens is 3. The van der Waals surface area contributed by atoms with Crippen LogP contribution in [-0.4, -0.2) is 41.9 Å². The highest BCUT2D eigenvalue weighted by molar-refractivity contribution is 4.69. The lowest BCUT2D eigenvalue weighted by atomic mass is 10.3. The Morgan fingerprint density at radius 2 is 1.67 bits per heavy atom. The number of rotatable bonds is 4. The number of aliphatic hydroxyl groups is 1. The lowest BCUT2D eigenvalue weighted by Crippen LogP contribution is -2.40. The minimum atomic E-state index is -4.50. The van der Waals surface area contributed by atoms with Gasteiger partial charge >= 0.3 is 6.18 Å². The highest BCUT2D eigenvalue weighted by Gasteiger charge is 2.38. The Kier molecular flexibility index (Phi) is 4.55. The van der Waals surface area contributed by atoms with Crippen molar-refractivity contribution in [2.75, 3.05) is 19.6 Å². The lowest BCUT2D eigenvalue weighted by Gasteiger charge is -2.23. The molecule has 2 nitrogen and oxygen atoms in total. The largest absolute Gasteiger partial charge is 0.415 e. The summed E-state index contributed by atoms with van der Waals surface area (Å²) in [7, 11) is 0. The molecular formula is C7H14F3NO. The van der Waals surface area contributed by atoms with E-state index in [2.05, 4.69) is 0 Å². The Bertz CT molecular complexity index is 122. The van der Waals surface area contributed by atoms with Crippen LogP contribution in [0.4, 0.5) is 13.2 Å². The molecule has 12 heavy (non-hydrogen) atoms. The van der Waals surface area contributed by atoms with Gasteiger partial charge in [-0.25, -0.2) is 0 Å². The molecule has 0 aliphatic heterocycles. The first-order chi connectivity index (χ1) is 5.41. The molecule has 0 saturated heterocycles. The molecule has 0 aromatic rings. The van der Waals surface area contributed by atoms with Crippen LogP contribution in [0.2, 0.25) is 0 Å².